The van der Waals surface area contributed by atoms with Gasteiger partial charge in [-0.25, -0.2) is 4.98 Å². The molecule has 0 radical (unpaired) electrons. The van der Waals surface area contributed by atoms with Gasteiger partial charge in [0.25, 0.3) is 5.56 Å². The molecule has 0 amide bonds. The third kappa shape index (κ3) is 6.69. The summed E-state index contributed by atoms with van der Waals surface area (Å²) >= 11 is 5.03. The highest BCUT2D eigenvalue weighted by molar-refractivity contribution is 9.10. The lowest BCUT2D eigenvalue weighted by molar-refractivity contribution is -0.840. The first-order valence-electron chi connectivity index (χ1n) is 12.3. The monoisotopic (exact) mass is 568 g/mol. The molecule has 0 aliphatic rings. The predicted octanol–water partition coefficient (Wildman–Crippen LogP) is 6.19. The summed E-state index contributed by atoms with van der Waals surface area (Å²) in [6.07, 6.45) is 1.55. The molecule has 2 heterocycles. The first-order chi connectivity index (χ1) is 17.2. The molecule has 190 valence electrons. The van der Waals surface area contributed by atoms with Gasteiger partial charge in [0.1, 0.15) is 10.7 Å². The Hall–Kier alpha value is -2.36. The van der Waals surface area contributed by atoms with Crippen LogP contribution in [0.1, 0.15) is 42.8 Å². The van der Waals surface area contributed by atoms with E-state index < -0.39 is 0 Å². The second kappa shape index (κ2) is 11.8. The molecule has 36 heavy (non-hydrogen) atoms. The van der Waals surface area contributed by atoms with Crippen LogP contribution < -0.4 is 5.56 Å². The molecule has 0 saturated heterocycles. The van der Waals surface area contributed by atoms with Crippen molar-refractivity contribution in [3.05, 3.63) is 103 Å². The number of hydrogen-bond acceptors (Lipinski definition) is 5. The minimum absolute atomic E-state index is 0.000460. The Labute approximate surface area is 225 Å². The number of quaternary nitrogens is 1. The van der Waals surface area contributed by atoms with E-state index in [4.69, 9.17) is 4.98 Å². The summed E-state index contributed by atoms with van der Waals surface area (Å²) in [5.41, 5.74) is 2.25. The zero-order valence-electron chi connectivity index (χ0n) is 21.1. The Bertz CT molecular complexity index is 1330. The number of fused-ring (bicyclic) bond motifs is 1. The number of nitrogens with zero attached hydrogens (tertiary/aromatic N) is 4. The van der Waals surface area contributed by atoms with Crippen LogP contribution in [0.4, 0.5) is 0 Å². The molecule has 0 N–H and O–H groups in total. The van der Waals surface area contributed by atoms with E-state index in [1.807, 2.05) is 58.5 Å². The highest BCUT2D eigenvalue weighted by atomic mass is 79.9. The Morgan fingerprint density at radius 2 is 1.81 bits per heavy atom. The van der Waals surface area contributed by atoms with Crippen molar-refractivity contribution in [3.8, 4) is 0 Å². The van der Waals surface area contributed by atoms with Gasteiger partial charge in [-0.1, -0.05) is 65.3 Å². The lowest BCUT2D eigenvalue weighted by atomic mass is 10.1. The van der Waals surface area contributed by atoms with Crippen LogP contribution in [0, 0.1) is 5.21 Å². The molecule has 0 saturated carbocycles. The SMILES string of the molecule is CCC(c1nc2sccc2c(=O)n1Cc1ccccc1)N(CCC[N+](C)(C)[O-])Cc1ccc(Br)cc1. The van der Waals surface area contributed by atoms with Crippen LogP contribution in [-0.4, -0.2) is 46.3 Å². The molecule has 0 aliphatic carbocycles. The summed E-state index contributed by atoms with van der Waals surface area (Å²) in [5.74, 6) is 0.786. The van der Waals surface area contributed by atoms with Crippen molar-refractivity contribution >= 4 is 37.5 Å². The topological polar surface area (TPSA) is 61.2 Å². The lowest BCUT2D eigenvalue weighted by Crippen LogP contribution is -2.38. The standard InChI is InChI=1S/C28H33BrN4O2S/c1-4-25(31(16-8-17-33(2,3)35)19-22-11-13-23(29)14-12-22)26-30-27-24(15-18-36-27)28(34)32(26)20-21-9-6-5-7-10-21/h5-7,9-15,18,25H,4,8,16-17,19-20H2,1-3H3. The molecule has 6 nitrogen and oxygen atoms in total. The minimum Gasteiger partial charge on any atom is -0.633 e. The minimum atomic E-state index is -0.318. The summed E-state index contributed by atoms with van der Waals surface area (Å²) < 4.78 is 2.57. The molecule has 1 atom stereocenters. The Morgan fingerprint density at radius 1 is 1.08 bits per heavy atom. The van der Waals surface area contributed by atoms with Crippen molar-refractivity contribution in [2.24, 2.45) is 0 Å². The van der Waals surface area contributed by atoms with Crippen molar-refractivity contribution in [1.29, 1.82) is 0 Å². The van der Waals surface area contributed by atoms with Crippen molar-refractivity contribution in [3.63, 3.8) is 0 Å². The van der Waals surface area contributed by atoms with Crippen molar-refractivity contribution in [2.45, 2.75) is 38.9 Å². The molecule has 0 aliphatic heterocycles. The summed E-state index contributed by atoms with van der Waals surface area (Å²) in [7, 11) is 3.36. The van der Waals surface area contributed by atoms with Gasteiger partial charge in [-0.15, -0.1) is 11.3 Å². The predicted molar refractivity (Wildman–Crippen MR) is 152 cm³/mol. The first-order valence-corrected chi connectivity index (χ1v) is 14.0. The van der Waals surface area contributed by atoms with Gasteiger partial charge in [-0.05, 0) is 41.1 Å². The number of hydrogen-bond donors (Lipinski definition) is 0. The fourth-order valence-corrected chi connectivity index (χ4v) is 5.59. The quantitative estimate of drug-likeness (QED) is 0.160. The lowest BCUT2D eigenvalue weighted by Gasteiger charge is -2.36. The second-order valence-corrected chi connectivity index (χ2v) is 11.5. The highest BCUT2D eigenvalue weighted by Gasteiger charge is 2.26. The fraction of sp³-hybridized carbons (Fsp3) is 0.357. The van der Waals surface area contributed by atoms with Gasteiger partial charge in [0, 0.05) is 24.0 Å². The second-order valence-electron chi connectivity index (χ2n) is 9.66. The number of hydroxylamine groups is 3. The molecule has 1 unspecified atom stereocenters. The smallest absolute Gasteiger partial charge is 0.262 e. The van der Waals surface area contributed by atoms with Crippen LogP contribution in [0.15, 0.2) is 75.3 Å². The highest BCUT2D eigenvalue weighted by Crippen LogP contribution is 2.28. The maximum Gasteiger partial charge on any atom is 0.262 e. The van der Waals surface area contributed by atoms with Gasteiger partial charge in [0.2, 0.25) is 0 Å². The number of thiophene rings is 1. The normalized spacial score (nSPS) is 12.9. The fourth-order valence-electron chi connectivity index (χ4n) is 4.57. The summed E-state index contributed by atoms with van der Waals surface area (Å²) in [5, 5.41) is 14.9. The van der Waals surface area contributed by atoms with Gasteiger partial charge in [0.15, 0.2) is 0 Å². The van der Waals surface area contributed by atoms with E-state index in [0.717, 1.165) is 40.1 Å². The third-order valence-corrected chi connectivity index (χ3v) is 7.70. The molecular formula is C28H33BrN4O2S. The maximum absolute atomic E-state index is 13.7. The zero-order chi connectivity index (χ0) is 25.7. The van der Waals surface area contributed by atoms with E-state index >= 15 is 0 Å². The van der Waals surface area contributed by atoms with Gasteiger partial charge in [-0.2, -0.15) is 0 Å². The average Bonchev–Trinajstić information content (AvgIpc) is 3.32. The number of rotatable bonds is 11. The first kappa shape index (κ1) is 26.7. The van der Waals surface area contributed by atoms with Crippen LogP contribution in [0.2, 0.25) is 0 Å². The molecule has 8 heteroatoms. The molecule has 2 aromatic carbocycles. The Morgan fingerprint density at radius 3 is 2.47 bits per heavy atom. The number of benzene rings is 2. The third-order valence-electron chi connectivity index (χ3n) is 6.36. The van der Waals surface area contributed by atoms with E-state index in [1.165, 1.54) is 16.9 Å². The molecule has 4 rings (SSSR count). The summed E-state index contributed by atoms with van der Waals surface area (Å²) in [6.45, 7) is 4.59. The van der Waals surface area contributed by atoms with Crippen LogP contribution in [0.5, 0.6) is 0 Å². The Kier molecular flexibility index (Phi) is 8.74. The van der Waals surface area contributed by atoms with E-state index in [2.05, 4.69) is 39.9 Å². The van der Waals surface area contributed by atoms with Gasteiger partial charge in [-0.3, -0.25) is 14.3 Å². The van der Waals surface area contributed by atoms with Crippen molar-refractivity contribution < 1.29 is 4.65 Å². The van der Waals surface area contributed by atoms with Gasteiger partial charge < -0.3 is 9.85 Å². The van der Waals surface area contributed by atoms with E-state index in [0.29, 0.717) is 25.0 Å². The van der Waals surface area contributed by atoms with E-state index in [9.17, 15) is 10.0 Å². The van der Waals surface area contributed by atoms with E-state index in [1.54, 1.807) is 14.1 Å². The average molecular weight is 570 g/mol. The van der Waals surface area contributed by atoms with Crippen LogP contribution in [0.3, 0.4) is 0 Å². The molecule has 0 spiro atoms. The molecule has 4 aromatic rings. The van der Waals surface area contributed by atoms with Crippen LogP contribution >= 0.6 is 27.3 Å². The van der Waals surface area contributed by atoms with E-state index in [-0.39, 0.29) is 16.2 Å². The van der Waals surface area contributed by atoms with Gasteiger partial charge >= 0.3 is 0 Å². The largest absolute Gasteiger partial charge is 0.633 e. The molecule has 0 fully saturated rings. The van der Waals surface area contributed by atoms with Crippen LogP contribution in [0.25, 0.3) is 10.2 Å². The summed E-state index contributed by atoms with van der Waals surface area (Å²) in [6, 6.07) is 20.2. The Balaban J connectivity index is 1.76. The molecular weight excluding hydrogens is 536 g/mol. The van der Waals surface area contributed by atoms with Gasteiger partial charge in [0.05, 0.1) is 38.6 Å². The molecule has 0 bridgehead atoms. The van der Waals surface area contributed by atoms with Crippen molar-refractivity contribution in [1.82, 2.24) is 14.5 Å². The van der Waals surface area contributed by atoms with Crippen LogP contribution in [-0.2, 0) is 13.1 Å². The number of aromatic nitrogens is 2. The summed E-state index contributed by atoms with van der Waals surface area (Å²) in [4.78, 5) is 21.9. The maximum atomic E-state index is 13.7. The molecule has 2 aromatic heterocycles. The van der Waals surface area contributed by atoms with Crippen molar-refractivity contribution in [2.75, 3.05) is 27.2 Å². The zero-order valence-corrected chi connectivity index (χ0v) is 23.5. The number of halogens is 1.